The van der Waals surface area contributed by atoms with Gasteiger partial charge >= 0.3 is 0 Å². The number of hydrogen-bond donors (Lipinski definition) is 0. The number of hydrogen-bond acceptors (Lipinski definition) is 9. The Balaban J connectivity index is 1.45. The largest absolute Gasteiger partial charge is 0.290 e. The van der Waals surface area contributed by atoms with E-state index in [1.54, 1.807) is 35.4 Å². The summed E-state index contributed by atoms with van der Waals surface area (Å²) in [6.45, 7) is 0. The minimum Gasteiger partial charge on any atom is -0.290 e. The highest BCUT2D eigenvalue weighted by Gasteiger charge is 2.53. The molecule has 3 heterocycles. The topological polar surface area (TPSA) is 126 Å². The van der Waals surface area contributed by atoms with Crippen LogP contribution < -0.4 is 0 Å². The molecule has 1 saturated carbocycles. The summed E-state index contributed by atoms with van der Waals surface area (Å²) in [5.41, 5.74) is 1.62. The summed E-state index contributed by atoms with van der Waals surface area (Å²) in [6.07, 6.45) is 5.70. The van der Waals surface area contributed by atoms with Crippen molar-refractivity contribution in [2.24, 2.45) is 12.5 Å². The van der Waals surface area contributed by atoms with Gasteiger partial charge < -0.3 is 0 Å². The Kier molecular flexibility index (Phi) is 5.23. The van der Waals surface area contributed by atoms with Gasteiger partial charge in [-0.15, -0.1) is 21.5 Å². The van der Waals surface area contributed by atoms with Gasteiger partial charge in [-0.05, 0) is 49.6 Å². The van der Waals surface area contributed by atoms with Crippen LogP contribution in [0.1, 0.15) is 40.5 Å². The Morgan fingerprint density at radius 2 is 2.06 bits per heavy atom. The molecule has 2 atom stereocenters. The Hall–Kier alpha value is -3.58. The van der Waals surface area contributed by atoms with Crippen LogP contribution in [0.25, 0.3) is 11.8 Å². The Labute approximate surface area is 209 Å². The van der Waals surface area contributed by atoms with Gasteiger partial charge in [0.15, 0.2) is 10.0 Å². The monoisotopic (exact) mass is 525 g/mol. The highest BCUT2D eigenvalue weighted by molar-refractivity contribution is 7.92. The molecule has 1 aromatic carbocycles. The quantitative estimate of drug-likeness (QED) is 0.364. The Bertz CT molecular complexity index is 1610. The summed E-state index contributed by atoms with van der Waals surface area (Å²) in [4.78, 5) is 19.4. The maximum atomic E-state index is 13.9. The molecule has 3 aromatic heterocycles. The molecular formula is C23H20FN7O3S2. The number of aromatic nitrogens is 7. The highest BCUT2D eigenvalue weighted by atomic mass is 32.2. The number of halogens is 1. The molecule has 0 N–H and O–H groups in total. The summed E-state index contributed by atoms with van der Waals surface area (Å²) in [5.74, 6) is -0.577. The third-order valence-electron chi connectivity index (χ3n) is 6.93. The molecule has 13 heteroatoms. The van der Waals surface area contributed by atoms with E-state index in [1.165, 1.54) is 34.5 Å². The molecule has 2 aliphatic carbocycles. The number of benzene rings is 1. The lowest BCUT2D eigenvalue weighted by atomic mass is 9.62. The second-order valence-corrected chi connectivity index (χ2v) is 12.1. The van der Waals surface area contributed by atoms with Crippen molar-refractivity contribution in [1.82, 2.24) is 35.0 Å². The highest BCUT2D eigenvalue weighted by Crippen LogP contribution is 2.51. The molecule has 0 amide bonds. The minimum atomic E-state index is -3.82. The van der Waals surface area contributed by atoms with Gasteiger partial charge in [-0.3, -0.25) is 4.79 Å². The van der Waals surface area contributed by atoms with E-state index in [2.05, 4.69) is 25.5 Å². The average Bonchev–Trinajstić information content (AvgIpc) is 3.63. The van der Waals surface area contributed by atoms with Gasteiger partial charge in [0.2, 0.25) is 15.6 Å². The summed E-state index contributed by atoms with van der Waals surface area (Å²) in [7, 11) is -2.26. The minimum absolute atomic E-state index is 0.0823. The fourth-order valence-electron chi connectivity index (χ4n) is 5.14. The number of nitrogens with zero attached hydrogens (tertiary/aromatic N) is 7. The number of carbonyl (C=O) groups is 1. The van der Waals surface area contributed by atoms with Crippen LogP contribution >= 0.6 is 11.3 Å². The Morgan fingerprint density at radius 1 is 1.25 bits per heavy atom. The zero-order chi connectivity index (χ0) is 25.1. The molecule has 2 aliphatic rings. The molecule has 0 unspecified atom stereocenters. The lowest BCUT2D eigenvalue weighted by Crippen LogP contribution is -2.45. The fraction of sp³-hybridized carbons (Fsp3) is 0.304. The van der Waals surface area contributed by atoms with Gasteiger partial charge in [-0.25, -0.2) is 22.5 Å². The van der Waals surface area contributed by atoms with Gasteiger partial charge in [-0.2, -0.15) is 9.90 Å². The molecule has 4 aromatic rings. The molecule has 0 bridgehead atoms. The first kappa shape index (κ1) is 22.9. The molecular weight excluding hydrogens is 505 g/mol. The van der Waals surface area contributed by atoms with Gasteiger partial charge in [0.25, 0.3) is 0 Å². The van der Waals surface area contributed by atoms with E-state index in [4.69, 9.17) is 0 Å². The maximum absolute atomic E-state index is 13.9. The SMILES string of the molecule is Cn1ncc(S(=O)(=O)[C@H]2CCC3=Cc4c(nnn4-c4ccc(F)cc4)C[C@]3(C(=O)c3nccs3)C2)n1. The van der Waals surface area contributed by atoms with Crippen LogP contribution in [0.5, 0.6) is 0 Å². The van der Waals surface area contributed by atoms with Crippen LogP contribution in [0.4, 0.5) is 4.39 Å². The average molecular weight is 526 g/mol. The number of ketones is 1. The molecule has 0 saturated heterocycles. The number of thiazole rings is 1. The van der Waals surface area contributed by atoms with E-state index < -0.39 is 20.5 Å². The lowest BCUT2D eigenvalue weighted by molar-refractivity contribution is 0.0800. The molecule has 184 valence electrons. The van der Waals surface area contributed by atoms with Gasteiger partial charge in [-0.1, -0.05) is 10.8 Å². The van der Waals surface area contributed by atoms with Crippen LogP contribution in [0, 0.1) is 11.2 Å². The predicted molar refractivity (Wildman–Crippen MR) is 128 cm³/mol. The number of Topliss-reactive ketones (excluding diaryl/α,β-unsaturated/α-hetero) is 1. The molecule has 1 fully saturated rings. The fourth-order valence-corrected chi connectivity index (χ4v) is 7.51. The number of allylic oxidation sites excluding steroid dienone is 1. The molecule has 0 spiro atoms. The van der Waals surface area contributed by atoms with Crippen molar-refractivity contribution in [2.75, 3.05) is 0 Å². The van der Waals surface area contributed by atoms with E-state index in [1.807, 2.05) is 6.08 Å². The standard InChI is InChI=1S/C23H20FN7O3S2/c1-30-26-13-20(28-30)36(33,34)17-7-2-14-10-19-18(27-29-31(19)16-5-3-15(24)4-6-16)12-23(14,11-17)21(32)22-25-8-9-35-22/h3-6,8-10,13,17H,2,7,11-12H2,1H3/t17-,23+/m0/s1. The normalized spacial score (nSPS) is 21.5. The van der Waals surface area contributed by atoms with E-state index in [0.29, 0.717) is 34.9 Å². The predicted octanol–water partition coefficient (Wildman–Crippen LogP) is 2.83. The van der Waals surface area contributed by atoms with Crippen molar-refractivity contribution >= 4 is 33.0 Å². The van der Waals surface area contributed by atoms with Gasteiger partial charge in [0.1, 0.15) is 5.82 Å². The van der Waals surface area contributed by atoms with Crippen molar-refractivity contribution in [2.45, 2.75) is 36.0 Å². The zero-order valence-corrected chi connectivity index (χ0v) is 20.7. The number of rotatable bonds is 5. The van der Waals surface area contributed by atoms with E-state index >= 15 is 0 Å². The number of carbonyl (C=O) groups excluding carboxylic acids is 1. The third kappa shape index (κ3) is 3.53. The first-order valence-electron chi connectivity index (χ1n) is 11.2. The van der Waals surface area contributed by atoms with Gasteiger partial charge in [0, 0.05) is 25.0 Å². The second-order valence-electron chi connectivity index (χ2n) is 8.99. The number of fused-ring (bicyclic) bond motifs is 2. The Morgan fingerprint density at radius 3 is 2.75 bits per heavy atom. The van der Waals surface area contributed by atoms with Crippen molar-refractivity contribution < 1.29 is 17.6 Å². The van der Waals surface area contributed by atoms with Crippen molar-refractivity contribution in [1.29, 1.82) is 0 Å². The van der Waals surface area contributed by atoms with Crippen LogP contribution in [-0.4, -0.2) is 54.4 Å². The molecule has 6 rings (SSSR count). The summed E-state index contributed by atoms with van der Waals surface area (Å²) in [6, 6.07) is 5.90. The summed E-state index contributed by atoms with van der Waals surface area (Å²) >= 11 is 1.23. The van der Waals surface area contributed by atoms with E-state index in [-0.39, 0.29) is 29.5 Å². The summed E-state index contributed by atoms with van der Waals surface area (Å²) < 4.78 is 42.0. The second kappa shape index (κ2) is 8.23. The van der Waals surface area contributed by atoms with Crippen LogP contribution in [0.2, 0.25) is 0 Å². The van der Waals surface area contributed by atoms with Crippen LogP contribution in [0.3, 0.4) is 0 Å². The first-order valence-corrected chi connectivity index (χ1v) is 13.7. The van der Waals surface area contributed by atoms with Gasteiger partial charge in [0.05, 0.1) is 33.9 Å². The number of aryl methyl sites for hydroxylation is 1. The summed E-state index contributed by atoms with van der Waals surface area (Å²) in [5, 5.41) is 17.7. The molecule has 36 heavy (non-hydrogen) atoms. The lowest BCUT2D eigenvalue weighted by Gasteiger charge is -2.42. The van der Waals surface area contributed by atoms with Crippen molar-refractivity contribution in [3.05, 3.63) is 69.8 Å². The molecule has 0 aliphatic heterocycles. The zero-order valence-electron chi connectivity index (χ0n) is 19.1. The van der Waals surface area contributed by atoms with E-state index in [0.717, 1.165) is 5.57 Å². The maximum Gasteiger partial charge on any atom is 0.201 e. The molecule has 0 radical (unpaired) electrons. The molecule has 10 nitrogen and oxygen atoms in total. The van der Waals surface area contributed by atoms with Crippen molar-refractivity contribution in [3.63, 3.8) is 0 Å². The first-order chi connectivity index (χ1) is 17.3. The number of sulfone groups is 1. The van der Waals surface area contributed by atoms with E-state index in [9.17, 15) is 17.6 Å². The smallest absolute Gasteiger partial charge is 0.201 e. The van der Waals surface area contributed by atoms with Crippen LogP contribution in [-0.2, 0) is 23.3 Å². The van der Waals surface area contributed by atoms with Crippen LogP contribution in [0.15, 0.2) is 52.6 Å². The third-order valence-corrected chi connectivity index (χ3v) is 9.75. The van der Waals surface area contributed by atoms with Crippen molar-refractivity contribution in [3.8, 4) is 5.69 Å².